The van der Waals surface area contributed by atoms with Gasteiger partial charge in [-0.15, -0.1) is 11.8 Å². The molecule has 0 spiro atoms. The highest BCUT2D eigenvalue weighted by Crippen LogP contribution is 2.52. The fourth-order valence-corrected chi connectivity index (χ4v) is 6.94. The summed E-state index contributed by atoms with van der Waals surface area (Å²) in [5, 5.41) is 22.5. The summed E-state index contributed by atoms with van der Waals surface area (Å²) in [5.41, 5.74) is 11.4. The van der Waals surface area contributed by atoms with E-state index in [2.05, 4.69) is 6.07 Å². The van der Waals surface area contributed by atoms with E-state index in [0.29, 0.717) is 23.4 Å². The number of para-hydroxylation sites is 2. The third-order valence-electron chi connectivity index (χ3n) is 7.94. The van der Waals surface area contributed by atoms with Crippen molar-refractivity contribution in [2.45, 2.75) is 57.1 Å². The molecule has 0 saturated carbocycles. The lowest BCUT2D eigenvalue weighted by Gasteiger charge is -2.43. The van der Waals surface area contributed by atoms with Crippen molar-refractivity contribution in [1.82, 2.24) is 0 Å². The molecule has 3 aromatic carbocycles. The summed E-state index contributed by atoms with van der Waals surface area (Å²) in [6.07, 6.45) is 0.734. The third kappa shape index (κ3) is 5.30. The summed E-state index contributed by atoms with van der Waals surface area (Å²) in [6.45, 7) is 7.95. The smallest absolute Gasteiger partial charge is 0.293 e. The Morgan fingerprint density at radius 3 is 2.48 bits per heavy atom. The van der Waals surface area contributed by atoms with Crippen molar-refractivity contribution in [3.8, 4) is 6.07 Å². The van der Waals surface area contributed by atoms with E-state index in [1.54, 1.807) is 47.0 Å². The number of thioether (sulfide) groups is 1. The Bertz CT molecular complexity index is 1720. The van der Waals surface area contributed by atoms with Gasteiger partial charge in [-0.25, -0.2) is 4.39 Å². The highest BCUT2D eigenvalue weighted by molar-refractivity contribution is 7.98. The molecule has 0 radical (unpaired) electrons. The SMILES string of the molecule is Cc1cc(C)c(C2C(C#N)=C(N)N(c3ccccc3[N+](=O)[O-])C3=C2C(=O)CC(C)(C)C3)cc1CSc1ccc(F)cc1. The first kappa shape index (κ1) is 29.1. The third-order valence-corrected chi connectivity index (χ3v) is 9.00. The molecule has 0 bridgehead atoms. The van der Waals surface area contributed by atoms with Crippen molar-refractivity contribution in [3.05, 3.63) is 122 Å². The number of hydrogen-bond acceptors (Lipinski definition) is 7. The number of carbonyl (C=O) groups excluding carboxylic acids is 1. The van der Waals surface area contributed by atoms with Crippen LogP contribution < -0.4 is 10.6 Å². The number of allylic oxidation sites excluding steroid dienone is 3. The van der Waals surface area contributed by atoms with Crippen LogP contribution >= 0.6 is 11.8 Å². The summed E-state index contributed by atoms with van der Waals surface area (Å²) < 4.78 is 13.4. The van der Waals surface area contributed by atoms with Crippen molar-refractivity contribution in [2.24, 2.45) is 11.1 Å². The number of Topliss-reactive ketones (excluding diaryl/α,β-unsaturated/α-hetero) is 1. The van der Waals surface area contributed by atoms with E-state index in [0.717, 1.165) is 27.1 Å². The molecule has 5 rings (SSSR count). The molecule has 1 aliphatic heterocycles. The Morgan fingerprint density at radius 2 is 1.81 bits per heavy atom. The first-order chi connectivity index (χ1) is 19.9. The zero-order valence-corrected chi connectivity index (χ0v) is 24.7. The molecule has 2 aliphatic rings. The van der Waals surface area contributed by atoms with Gasteiger partial charge in [-0.3, -0.25) is 19.8 Å². The number of benzene rings is 3. The molecule has 1 atom stereocenters. The molecule has 1 aliphatic carbocycles. The van der Waals surface area contributed by atoms with Crippen LogP contribution in [0, 0.1) is 46.5 Å². The normalized spacial score (nSPS) is 18.1. The van der Waals surface area contributed by atoms with Gasteiger partial charge in [0.05, 0.1) is 22.5 Å². The van der Waals surface area contributed by atoms with E-state index in [1.165, 1.54) is 18.2 Å². The number of halogens is 1. The second-order valence-electron chi connectivity index (χ2n) is 11.6. The van der Waals surface area contributed by atoms with Crippen LogP contribution in [0.1, 0.15) is 54.9 Å². The van der Waals surface area contributed by atoms with Crippen molar-refractivity contribution in [1.29, 1.82) is 5.26 Å². The molecule has 0 saturated heterocycles. The fourth-order valence-electron chi connectivity index (χ4n) is 5.98. The fraction of sp³-hybridized carbons (Fsp3) is 0.273. The molecule has 0 amide bonds. The zero-order chi connectivity index (χ0) is 30.3. The van der Waals surface area contributed by atoms with Crippen LogP contribution in [0.4, 0.5) is 15.8 Å². The standard InChI is InChI=1S/C33H31FN4O3S/c1-19-13-20(2)24(14-21(19)18-42-23-11-9-22(34)10-12-23)30-25(17-35)32(36)37(26-7-5-6-8-27(26)38(40)41)28-15-33(3,4)16-29(39)31(28)30/h5-14,30H,15-16,18,36H2,1-4H3. The number of aryl methyl sites for hydroxylation is 2. The second kappa shape index (κ2) is 11.1. The number of nitro benzene ring substituents is 1. The molecule has 1 heterocycles. The van der Waals surface area contributed by atoms with Crippen LogP contribution in [-0.2, 0) is 10.5 Å². The predicted octanol–water partition coefficient (Wildman–Crippen LogP) is 7.58. The first-order valence-corrected chi connectivity index (χ1v) is 14.6. The number of ketones is 1. The minimum absolute atomic E-state index is 0.0864. The maximum absolute atomic E-state index is 14.0. The maximum atomic E-state index is 14.0. The van der Waals surface area contributed by atoms with Gasteiger partial charge < -0.3 is 5.73 Å². The lowest BCUT2D eigenvalue weighted by Crippen LogP contribution is -2.42. The minimum Gasteiger partial charge on any atom is -0.384 e. The molecule has 0 fully saturated rings. The van der Waals surface area contributed by atoms with Gasteiger partial charge in [-0.2, -0.15) is 5.26 Å². The van der Waals surface area contributed by atoms with Crippen molar-refractivity contribution < 1.29 is 14.1 Å². The Morgan fingerprint density at radius 1 is 1.12 bits per heavy atom. The van der Waals surface area contributed by atoms with E-state index in [9.17, 15) is 24.6 Å². The van der Waals surface area contributed by atoms with E-state index in [1.807, 2.05) is 39.8 Å². The summed E-state index contributed by atoms with van der Waals surface area (Å²) >= 11 is 1.57. The van der Waals surface area contributed by atoms with Crippen LogP contribution in [0.2, 0.25) is 0 Å². The van der Waals surface area contributed by atoms with Crippen LogP contribution in [0.15, 0.2) is 88.2 Å². The summed E-state index contributed by atoms with van der Waals surface area (Å²) in [7, 11) is 0. The van der Waals surface area contributed by atoms with Crippen molar-refractivity contribution >= 4 is 28.9 Å². The lowest BCUT2D eigenvalue weighted by molar-refractivity contribution is -0.384. The number of nitriles is 1. The highest BCUT2D eigenvalue weighted by atomic mass is 32.2. The molecule has 7 nitrogen and oxygen atoms in total. The number of carbonyl (C=O) groups is 1. The number of hydrogen-bond donors (Lipinski definition) is 1. The summed E-state index contributed by atoms with van der Waals surface area (Å²) in [6, 6.07) is 18.9. The number of nitro groups is 1. The molecule has 42 heavy (non-hydrogen) atoms. The minimum atomic E-state index is -0.706. The molecule has 0 aromatic heterocycles. The van der Waals surface area contributed by atoms with E-state index >= 15 is 0 Å². The molecular weight excluding hydrogens is 551 g/mol. The Kier molecular flexibility index (Phi) is 7.69. The maximum Gasteiger partial charge on any atom is 0.293 e. The van der Waals surface area contributed by atoms with Gasteiger partial charge in [0, 0.05) is 34.4 Å². The number of anilines is 1. The van der Waals surface area contributed by atoms with Crippen molar-refractivity contribution in [2.75, 3.05) is 4.90 Å². The monoisotopic (exact) mass is 582 g/mol. The molecule has 1 unspecified atom stereocenters. The highest BCUT2D eigenvalue weighted by Gasteiger charge is 2.46. The topological polar surface area (TPSA) is 113 Å². The Labute approximate surface area is 248 Å². The van der Waals surface area contributed by atoms with Crippen molar-refractivity contribution in [3.63, 3.8) is 0 Å². The molecule has 9 heteroatoms. The van der Waals surface area contributed by atoms with Gasteiger partial charge in [0.1, 0.15) is 17.3 Å². The quantitative estimate of drug-likeness (QED) is 0.181. The number of nitrogens with zero attached hydrogens (tertiary/aromatic N) is 3. The number of nitrogens with two attached hydrogens (primary N) is 1. The van der Waals surface area contributed by atoms with Gasteiger partial charge in [0.25, 0.3) is 5.69 Å². The van der Waals surface area contributed by atoms with Crippen LogP contribution in [0.5, 0.6) is 0 Å². The Balaban J connectivity index is 1.69. The van der Waals surface area contributed by atoms with Gasteiger partial charge in [0.2, 0.25) is 0 Å². The molecule has 2 N–H and O–H groups in total. The molecule has 3 aromatic rings. The molecular formula is C33H31FN4O3S. The van der Waals surface area contributed by atoms with Crippen LogP contribution in [0.3, 0.4) is 0 Å². The van der Waals surface area contributed by atoms with E-state index in [-0.39, 0.29) is 40.8 Å². The second-order valence-corrected chi connectivity index (χ2v) is 12.7. The van der Waals surface area contributed by atoms with Gasteiger partial charge in [0.15, 0.2) is 5.78 Å². The summed E-state index contributed by atoms with van der Waals surface area (Å²) in [4.78, 5) is 28.0. The van der Waals surface area contributed by atoms with Gasteiger partial charge >= 0.3 is 0 Å². The average molecular weight is 583 g/mol. The van der Waals surface area contributed by atoms with E-state index in [4.69, 9.17) is 5.73 Å². The Hall–Kier alpha value is -4.42. The summed E-state index contributed by atoms with van der Waals surface area (Å²) in [5.74, 6) is -0.408. The lowest BCUT2D eigenvalue weighted by atomic mass is 9.68. The number of rotatable bonds is 6. The van der Waals surface area contributed by atoms with Crippen LogP contribution in [0.25, 0.3) is 0 Å². The van der Waals surface area contributed by atoms with Gasteiger partial charge in [-0.1, -0.05) is 38.1 Å². The predicted molar refractivity (Wildman–Crippen MR) is 162 cm³/mol. The van der Waals surface area contributed by atoms with Crippen LogP contribution in [-0.4, -0.2) is 10.7 Å². The zero-order valence-electron chi connectivity index (χ0n) is 23.9. The largest absolute Gasteiger partial charge is 0.384 e. The average Bonchev–Trinajstić information content (AvgIpc) is 2.92. The van der Waals surface area contributed by atoms with Gasteiger partial charge in [-0.05, 0) is 78.3 Å². The molecule has 214 valence electrons. The first-order valence-electron chi connectivity index (χ1n) is 13.6. The van der Waals surface area contributed by atoms with E-state index < -0.39 is 16.3 Å².